The molecule has 0 N–H and O–H groups in total. The average molecular weight is 262 g/mol. The van der Waals surface area contributed by atoms with Crippen molar-refractivity contribution in [3.05, 3.63) is 47.9 Å². The third-order valence-corrected chi connectivity index (χ3v) is 4.93. The highest BCUT2D eigenvalue weighted by Gasteiger charge is 2.17. The van der Waals surface area contributed by atoms with E-state index in [2.05, 4.69) is 24.6 Å². The second-order valence-electron chi connectivity index (χ2n) is 5.35. The zero-order chi connectivity index (χ0) is 15.8. The first-order valence-corrected chi connectivity index (χ1v) is 9.36. The predicted molar refractivity (Wildman–Crippen MR) is 77.3 cm³/mol. The van der Waals surface area contributed by atoms with Crippen LogP contribution >= 0.6 is 0 Å². The van der Waals surface area contributed by atoms with Gasteiger partial charge in [-0.1, -0.05) is 37.8 Å². The number of halogens is 1. The molecule has 1 nitrogen and oxygen atoms in total. The fourth-order valence-electron chi connectivity index (χ4n) is 1.73. The van der Waals surface area contributed by atoms with Crippen LogP contribution in [0.15, 0.2) is 36.5 Å². The lowest BCUT2D eigenvalue weighted by molar-refractivity contribution is 0.621. The van der Waals surface area contributed by atoms with Crippen molar-refractivity contribution in [2.75, 3.05) is 0 Å². The van der Waals surface area contributed by atoms with Crippen LogP contribution in [0.1, 0.15) is 9.68 Å². The molecule has 1 aromatic carbocycles. The van der Waals surface area contributed by atoms with Crippen molar-refractivity contribution in [3.63, 3.8) is 0 Å². The standard InChI is InChI=1S/C15H18FNSi/c1-11-6-5-7-13(15(11)16)14-9-8-12(10-17-14)18(2,3)4/h5-10H,1-4H3/i1D3. The Labute approximate surface area is 113 Å². The number of hydrogen-bond donors (Lipinski definition) is 0. The van der Waals surface area contributed by atoms with Crippen LogP contribution in [0.4, 0.5) is 4.39 Å². The summed E-state index contributed by atoms with van der Waals surface area (Å²) in [7, 11) is -1.46. The molecular weight excluding hydrogens is 241 g/mol. The van der Waals surface area contributed by atoms with Crippen molar-refractivity contribution < 1.29 is 8.50 Å². The molecule has 0 spiro atoms. The van der Waals surface area contributed by atoms with E-state index in [-0.39, 0.29) is 11.1 Å². The molecular formula is C15H18FNSi. The smallest absolute Gasteiger partial charge is 0.135 e. The van der Waals surface area contributed by atoms with Gasteiger partial charge in [-0.25, -0.2) is 4.39 Å². The Bertz CT molecular complexity index is 645. The lowest BCUT2D eigenvalue weighted by Crippen LogP contribution is -2.37. The molecule has 0 saturated carbocycles. The molecule has 0 aliphatic rings. The van der Waals surface area contributed by atoms with Crippen molar-refractivity contribution in [1.82, 2.24) is 4.98 Å². The van der Waals surface area contributed by atoms with Gasteiger partial charge in [-0.05, 0) is 29.7 Å². The topological polar surface area (TPSA) is 12.9 Å². The maximum atomic E-state index is 14.4. The number of hydrogen-bond acceptors (Lipinski definition) is 1. The third kappa shape index (κ3) is 2.51. The highest BCUT2D eigenvalue weighted by molar-refractivity contribution is 6.88. The first kappa shape index (κ1) is 9.45. The van der Waals surface area contributed by atoms with E-state index in [1.54, 1.807) is 24.4 Å². The molecule has 2 aromatic rings. The van der Waals surface area contributed by atoms with Gasteiger partial charge in [-0.15, -0.1) is 0 Å². The van der Waals surface area contributed by atoms with Crippen molar-refractivity contribution in [1.29, 1.82) is 0 Å². The van der Waals surface area contributed by atoms with E-state index in [4.69, 9.17) is 4.11 Å². The molecule has 0 radical (unpaired) electrons. The summed E-state index contributed by atoms with van der Waals surface area (Å²) in [6.45, 7) is 4.16. The molecule has 0 bridgehead atoms. The third-order valence-electron chi connectivity index (χ3n) is 2.90. The largest absolute Gasteiger partial charge is 0.256 e. The Hall–Kier alpha value is -1.48. The van der Waals surface area contributed by atoms with Crippen molar-refractivity contribution in [2.45, 2.75) is 26.5 Å². The summed E-state index contributed by atoms with van der Waals surface area (Å²) in [5, 5.41) is 1.18. The van der Waals surface area contributed by atoms with Gasteiger partial charge in [0.15, 0.2) is 0 Å². The monoisotopic (exact) mass is 262 g/mol. The van der Waals surface area contributed by atoms with Gasteiger partial charge in [0.2, 0.25) is 0 Å². The summed E-state index contributed by atoms with van der Waals surface area (Å²) in [6, 6.07) is 8.11. The summed E-state index contributed by atoms with van der Waals surface area (Å²) in [5.41, 5.74) is 0.419. The lowest BCUT2D eigenvalue weighted by Gasteiger charge is -2.16. The van der Waals surface area contributed by atoms with Gasteiger partial charge in [0, 0.05) is 15.9 Å². The van der Waals surface area contributed by atoms with Crippen LogP contribution in [0.3, 0.4) is 0 Å². The molecule has 3 heteroatoms. The van der Waals surface area contributed by atoms with Crippen LogP contribution in [-0.4, -0.2) is 13.1 Å². The lowest BCUT2D eigenvalue weighted by atomic mass is 10.1. The number of aromatic nitrogens is 1. The summed E-state index contributed by atoms with van der Waals surface area (Å²) >= 11 is 0. The average Bonchev–Trinajstić information content (AvgIpc) is 2.37. The maximum absolute atomic E-state index is 14.4. The Morgan fingerprint density at radius 2 is 1.94 bits per heavy atom. The minimum Gasteiger partial charge on any atom is -0.256 e. The molecule has 0 unspecified atom stereocenters. The van der Waals surface area contributed by atoms with Gasteiger partial charge >= 0.3 is 0 Å². The molecule has 1 aromatic heterocycles. The minimum absolute atomic E-state index is 0.228. The van der Waals surface area contributed by atoms with Gasteiger partial charge in [-0.2, -0.15) is 0 Å². The maximum Gasteiger partial charge on any atom is 0.135 e. The van der Waals surface area contributed by atoms with E-state index in [1.807, 2.05) is 6.07 Å². The second-order valence-corrected chi connectivity index (χ2v) is 10.4. The van der Waals surface area contributed by atoms with Crippen LogP contribution in [0.2, 0.25) is 19.6 Å². The Morgan fingerprint density at radius 1 is 1.17 bits per heavy atom. The first-order chi connectivity index (χ1) is 9.60. The van der Waals surface area contributed by atoms with E-state index in [0.717, 1.165) is 0 Å². The van der Waals surface area contributed by atoms with Crippen LogP contribution in [-0.2, 0) is 0 Å². The molecule has 1 heterocycles. The molecule has 0 saturated heterocycles. The molecule has 18 heavy (non-hydrogen) atoms. The minimum atomic E-state index is -2.46. The van der Waals surface area contributed by atoms with E-state index in [1.165, 1.54) is 11.3 Å². The van der Waals surface area contributed by atoms with Gasteiger partial charge in [-0.3, -0.25) is 4.98 Å². The van der Waals surface area contributed by atoms with Crippen LogP contribution in [0, 0.1) is 12.7 Å². The Balaban J connectivity index is 2.48. The molecule has 0 aliphatic carbocycles. The van der Waals surface area contributed by atoms with E-state index in [0.29, 0.717) is 5.69 Å². The number of aryl methyl sites for hydroxylation is 1. The molecule has 0 aliphatic heterocycles. The van der Waals surface area contributed by atoms with Gasteiger partial charge in [0.1, 0.15) is 5.82 Å². The number of rotatable bonds is 2. The van der Waals surface area contributed by atoms with Crippen molar-refractivity contribution >= 4 is 13.3 Å². The summed E-state index contributed by atoms with van der Waals surface area (Å²) in [4.78, 5) is 4.31. The molecule has 0 amide bonds. The fourth-order valence-corrected chi connectivity index (χ4v) is 2.76. The van der Waals surface area contributed by atoms with Crippen molar-refractivity contribution in [3.8, 4) is 11.3 Å². The van der Waals surface area contributed by atoms with E-state index < -0.39 is 20.7 Å². The highest BCUT2D eigenvalue weighted by atomic mass is 28.3. The summed E-state index contributed by atoms with van der Waals surface area (Å²) in [6.07, 6.45) is 1.77. The fraction of sp³-hybridized carbons (Fsp3) is 0.267. The SMILES string of the molecule is [2H]C([2H])([2H])c1cccc(-c2ccc([Si](C)(C)C)cn2)c1F. The van der Waals surface area contributed by atoms with E-state index >= 15 is 0 Å². The van der Waals surface area contributed by atoms with E-state index in [9.17, 15) is 4.39 Å². The van der Waals surface area contributed by atoms with Gasteiger partial charge in [0.05, 0.1) is 13.8 Å². The first-order valence-electron chi connectivity index (χ1n) is 7.36. The zero-order valence-electron chi connectivity index (χ0n) is 13.8. The van der Waals surface area contributed by atoms with Crippen LogP contribution in [0.5, 0.6) is 0 Å². The second kappa shape index (κ2) is 4.65. The quantitative estimate of drug-likeness (QED) is 0.751. The summed E-state index contributed by atoms with van der Waals surface area (Å²) < 4.78 is 36.5. The Kier molecular flexibility index (Phi) is 2.44. The summed E-state index contributed by atoms with van der Waals surface area (Å²) in [5.74, 6) is -0.717. The normalized spacial score (nSPS) is 14.8. The van der Waals surface area contributed by atoms with Gasteiger partial charge in [0.25, 0.3) is 0 Å². The van der Waals surface area contributed by atoms with Gasteiger partial charge < -0.3 is 0 Å². The zero-order valence-corrected chi connectivity index (χ0v) is 11.8. The number of pyridine rings is 1. The van der Waals surface area contributed by atoms with Crippen LogP contribution in [0.25, 0.3) is 11.3 Å². The Morgan fingerprint density at radius 3 is 2.50 bits per heavy atom. The highest BCUT2D eigenvalue weighted by Crippen LogP contribution is 2.22. The molecule has 2 rings (SSSR count). The van der Waals surface area contributed by atoms with Crippen LogP contribution < -0.4 is 5.19 Å². The molecule has 0 atom stereocenters. The molecule has 94 valence electrons. The predicted octanol–water partition coefficient (Wildman–Crippen LogP) is 3.74. The van der Waals surface area contributed by atoms with Crippen molar-refractivity contribution in [2.24, 2.45) is 0 Å². The molecule has 0 fully saturated rings. The number of nitrogens with zero attached hydrogens (tertiary/aromatic N) is 1. The number of benzene rings is 1.